The number of hydrogen-bond acceptors (Lipinski definition) is 2. The maximum atomic E-state index is 12.1. The van der Waals surface area contributed by atoms with E-state index in [1.165, 1.54) is 0 Å². The molecule has 2 heteroatoms. The molecule has 0 unspecified atom stereocenters. The van der Waals surface area contributed by atoms with Gasteiger partial charge in [0.1, 0.15) is 5.75 Å². The zero-order chi connectivity index (χ0) is 13.8. The summed E-state index contributed by atoms with van der Waals surface area (Å²) in [5.74, 6) is 1.56. The van der Waals surface area contributed by atoms with Crippen molar-refractivity contribution in [3.63, 3.8) is 0 Å². The van der Waals surface area contributed by atoms with Crippen LogP contribution in [0, 0.1) is 11.3 Å². The largest absolute Gasteiger partial charge is 0.494 e. The number of carbonyl (C=O) groups is 1. The highest BCUT2D eigenvalue weighted by atomic mass is 16.5. The summed E-state index contributed by atoms with van der Waals surface area (Å²) >= 11 is 0. The van der Waals surface area contributed by atoms with E-state index in [1.807, 2.05) is 45.0 Å². The van der Waals surface area contributed by atoms with Gasteiger partial charge in [-0.1, -0.05) is 46.8 Å². The fourth-order valence-corrected chi connectivity index (χ4v) is 1.57. The number of ether oxygens (including phenoxy) is 1. The minimum atomic E-state index is -0.351. The predicted molar refractivity (Wildman–Crippen MR) is 75.2 cm³/mol. The lowest BCUT2D eigenvalue weighted by Crippen LogP contribution is -2.20. The monoisotopic (exact) mass is 248 g/mol. The van der Waals surface area contributed by atoms with Crippen molar-refractivity contribution in [3.8, 4) is 5.75 Å². The number of ketones is 1. The second kappa shape index (κ2) is 6.03. The second-order valence-electron chi connectivity index (χ2n) is 6.14. The summed E-state index contributed by atoms with van der Waals surface area (Å²) in [5.41, 5.74) is 0.376. The van der Waals surface area contributed by atoms with Crippen molar-refractivity contribution in [2.45, 2.75) is 41.0 Å². The third kappa shape index (κ3) is 4.52. The molecule has 100 valence electrons. The van der Waals surface area contributed by atoms with Gasteiger partial charge in [-0.05, 0) is 24.5 Å². The first-order valence-corrected chi connectivity index (χ1v) is 6.58. The van der Waals surface area contributed by atoms with Gasteiger partial charge in [-0.3, -0.25) is 4.79 Å². The molecule has 0 N–H and O–H groups in total. The van der Waals surface area contributed by atoms with Crippen LogP contribution in [0.15, 0.2) is 24.3 Å². The van der Waals surface area contributed by atoms with E-state index in [4.69, 9.17) is 4.74 Å². The molecule has 0 aliphatic heterocycles. The van der Waals surface area contributed by atoms with Crippen LogP contribution in [0.5, 0.6) is 5.75 Å². The molecule has 0 atom stereocenters. The van der Waals surface area contributed by atoms with Crippen LogP contribution in [0.2, 0.25) is 0 Å². The highest BCUT2D eigenvalue weighted by Crippen LogP contribution is 2.23. The van der Waals surface area contributed by atoms with Gasteiger partial charge in [0, 0.05) is 11.0 Å². The van der Waals surface area contributed by atoms with Crippen LogP contribution in [0.25, 0.3) is 0 Å². The number of rotatable bonds is 5. The van der Waals surface area contributed by atoms with Gasteiger partial charge in [-0.25, -0.2) is 0 Å². The Morgan fingerprint density at radius 1 is 1.28 bits per heavy atom. The van der Waals surface area contributed by atoms with E-state index in [9.17, 15) is 4.79 Å². The first kappa shape index (κ1) is 14.7. The lowest BCUT2D eigenvalue weighted by molar-refractivity contribution is 0.0858. The van der Waals surface area contributed by atoms with E-state index < -0.39 is 0 Å². The molecule has 0 saturated heterocycles. The maximum Gasteiger partial charge on any atom is 0.168 e. The Balaban J connectivity index is 2.71. The molecule has 2 nitrogen and oxygen atoms in total. The smallest absolute Gasteiger partial charge is 0.168 e. The van der Waals surface area contributed by atoms with Crippen LogP contribution in [0.4, 0.5) is 0 Å². The Morgan fingerprint density at radius 3 is 2.50 bits per heavy atom. The highest BCUT2D eigenvalue weighted by molar-refractivity contribution is 6.00. The Bertz CT molecular complexity index is 400. The average molecular weight is 248 g/mol. The Morgan fingerprint density at radius 2 is 1.94 bits per heavy atom. The van der Waals surface area contributed by atoms with Crippen molar-refractivity contribution in [2.24, 2.45) is 11.3 Å². The lowest BCUT2D eigenvalue weighted by Gasteiger charge is -2.17. The topological polar surface area (TPSA) is 26.3 Å². The molecule has 0 spiro atoms. The molecule has 0 fully saturated rings. The van der Waals surface area contributed by atoms with Gasteiger partial charge in [0.15, 0.2) is 5.78 Å². The standard InChI is InChI=1S/C16H24O2/c1-12(2)9-10-18-14-8-6-7-13(11-14)15(17)16(3,4)5/h6-8,11-12H,9-10H2,1-5H3. The quantitative estimate of drug-likeness (QED) is 0.724. The molecule has 0 heterocycles. The van der Waals surface area contributed by atoms with Crippen LogP contribution < -0.4 is 4.74 Å². The van der Waals surface area contributed by atoms with E-state index >= 15 is 0 Å². The summed E-state index contributed by atoms with van der Waals surface area (Å²) in [6.07, 6.45) is 1.03. The van der Waals surface area contributed by atoms with Crippen molar-refractivity contribution in [1.82, 2.24) is 0 Å². The molecular weight excluding hydrogens is 224 g/mol. The molecular formula is C16H24O2. The second-order valence-corrected chi connectivity index (χ2v) is 6.14. The van der Waals surface area contributed by atoms with E-state index in [-0.39, 0.29) is 11.2 Å². The predicted octanol–water partition coefficient (Wildman–Crippen LogP) is 4.34. The molecule has 0 aromatic heterocycles. The van der Waals surface area contributed by atoms with Gasteiger partial charge in [-0.15, -0.1) is 0 Å². The first-order chi connectivity index (χ1) is 8.30. The molecule has 1 rings (SSSR count). The molecule has 18 heavy (non-hydrogen) atoms. The van der Waals surface area contributed by atoms with Crippen molar-refractivity contribution in [3.05, 3.63) is 29.8 Å². The number of hydrogen-bond donors (Lipinski definition) is 0. The van der Waals surface area contributed by atoms with Crippen molar-refractivity contribution in [2.75, 3.05) is 6.61 Å². The van der Waals surface area contributed by atoms with Gasteiger partial charge in [0.2, 0.25) is 0 Å². The van der Waals surface area contributed by atoms with Crippen molar-refractivity contribution in [1.29, 1.82) is 0 Å². The molecule has 0 saturated carbocycles. The summed E-state index contributed by atoms with van der Waals surface area (Å²) in [4.78, 5) is 12.1. The van der Waals surface area contributed by atoms with Crippen LogP contribution in [0.3, 0.4) is 0 Å². The van der Waals surface area contributed by atoms with E-state index in [0.29, 0.717) is 12.5 Å². The van der Waals surface area contributed by atoms with Gasteiger partial charge < -0.3 is 4.74 Å². The fourth-order valence-electron chi connectivity index (χ4n) is 1.57. The van der Waals surface area contributed by atoms with Crippen molar-refractivity contribution < 1.29 is 9.53 Å². The number of benzene rings is 1. The summed E-state index contributed by atoms with van der Waals surface area (Å²) in [6, 6.07) is 7.47. The fraction of sp³-hybridized carbons (Fsp3) is 0.562. The summed E-state index contributed by atoms with van der Waals surface area (Å²) in [6.45, 7) is 10.8. The Hall–Kier alpha value is -1.31. The third-order valence-electron chi connectivity index (χ3n) is 2.74. The number of Topliss-reactive ketones (excluding diaryl/α,β-unsaturated/α-hetero) is 1. The molecule has 1 aromatic rings. The van der Waals surface area contributed by atoms with Crippen molar-refractivity contribution >= 4 is 5.78 Å². The average Bonchev–Trinajstić information content (AvgIpc) is 2.26. The highest BCUT2D eigenvalue weighted by Gasteiger charge is 2.22. The van der Waals surface area contributed by atoms with E-state index in [0.717, 1.165) is 17.7 Å². The summed E-state index contributed by atoms with van der Waals surface area (Å²) in [7, 11) is 0. The van der Waals surface area contributed by atoms with Crippen LogP contribution in [0.1, 0.15) is 51.4 Å². The molecule has 0 bridgehead atoms. The minimum absolute atomic E-state index is 0.150. The SMILES string of the molecule is CC(C)CCOc1cccc(C(=O)C(C)(C)C)c1. The van der Waals surface area contributed by atoms with Gasteiger partial charge in [0.05, 0.1) is 6.61 Å². The van der Waals surface area contributed by atoms with Gasteiger partial charge in [-0.2, -0.15) is 0 Å². The summed E-state index contributed by atoms with van der Waals surface area (Å²) < 4.78 is 5.67. The zero-order valence-electron chi connectivity index (χ0n) is 12.1. The molecule has 0 aliphatic carbocycles. The molecule has 1 aromatic carbocycles. The van der Waals surface area contributed by atoms with Crippen LogP contribution in [-0.2, 0) is 0 Å². The minimum Gasteiger partial charge on any atom is -0.494 e. The molecule has 0 aliphatic rings. The maximum absolute atomic E-state index is 12.1. The van der Waals surface area contributed by atoms with E-state index in [2.05, 4.69) is 13.8 Å². The number of carbonyl (C=O) groups excluding carboxylic acids is 1. The lowest BCUT2D eigenvalue weighted by atomic mass is 9.86. The zero-order valence-corrected chi connectivity index (χ0v) is 12.1. The Labute approximate surface area is 110 Å². The van der Waals surface area contributed by atoms with Gasteiger partial charge in [0.25, 0.3) is 0 Å². The molecule has 0 radical (unpaired) electrons. The van der Waals surface area contributed by atoms with Crippen LogP contribution >= 0.6 is 0 Å². The van der Waals surface area contributed by atoms with Gasteiger partial charge >= 0.3 is 0 Å². The van der Waals surface area contributed by atoms with E-state index in [1.54, 1.807) is 0 Å². The normalized spacial score (nSPS) is 11.7. The molecule has 0 amide bonds. The third-order valence-corrected chi connectivity index (χ3v) is 2.74. The first-order valence-electron chi connectivity index (χ1n) is 6.58. The summed E-state index contributed by atoms with van der Waals surface area (Å²) in [5, 5.41) is 0. The Kier molecular flexibility index (Phi) is 4.94. The van der Waals surface area contributed by atoms with Crippen LogP contribution in [-0.4, -0.2) is 12.4 Å².